The van der Waals surface area contributed by atoms with Crippen LogP contribution in [0.15, 0.2) is 36.5 Å². The van der Waals surface area contributed by atoms with E-state index in [-0.39, 0.29) is 17.9 Å². The van der Waals surface area contributed by atoms with Gasteiger partial charge in [0.1, 0.15) is 5.82 Å². The molecule has 1 aliphatic heterocycles. The van der Waals surface area contributed by atoms with Crippen molar-refractivity contribution in [3.8, 4) is 17.1 Å². The molecule has 9 heteroatoms. The second-order valence-electron chi connectivity index (χ2n) is 9.96. The number of benzene rings is 1. The van der Waals surface area contributed by atoms with Crippen LogP contribution < -0.4 is 15.4 Å². The number of ether oxygens (including phenoxy) is 1. The van der Waals surface area contributed by atoms with Crippen LogP contribution in [0, 0.1) is 0 Å². The average Bonchev–Trinajstić information content (AvgIpc) is 3.45. The number of para-hydroxylation sites is 1. The summed E-state index contributed by atoms with van der Waals surface area (Å²) in [6, 6.07) is 9.72. The summed E-state index contributed by atoms with van der Waals surface area (Å²) >= 11 is 0. The van der Waals surface area contributed by atoms with Crippen LogP contribution in [0.1, 0.15) is 69.7 Å². The summed E-state index contributed by atoms with van der Waals surface area (Å²) < 4.78 is 5.59. The number of hydrogen-bond donors (Lipinski definition) is 3. The summed E-state index contributed by atoms with van der Waals surface area (Å²) in [6.45, 7) is 2.93. The molecule has 3 aromatic rings. The number of imidazole rings is 1. The number of fused-ring (bicyclic) bond motifs is 1. The van der Waals surface area contributed by atoms with E-state index in [1.807, 2.05) is 30.3 Å². The minimum absolute atomic E-state index is 0.0360. The van der Waals surface area contributed by atoms with E-state index in [9.17, 15) is 9.59 Å². The van der Waals surface area contributed by atoms with Gasteiger partial charge in [-0.1, -0.05) is 37.5 Å². The summed E-state index contributed by atoms with van der Waals surface area (Å²) in [5, 5.41) is 6.90. The SMILES string of the molecule is CNC(=O)CCCCCC(NC(=O)CCN1CCCCC1)c1ncc(-c2cc3ccccc3nc2OC)[nH]1. The predicted molar refractivity (Wildman–Crippen MR) is 149 cm³/mol. The maximum atomic E-state index is 12.9. The normalized spacial score (nSPS) is 14.8. The Balaban J connectivity index is 1.46. The molecule has 1 fully saturated rings. The Morgan fingerprint density at radius 3 is 2.68 bits per heavy atom. The molecular weight excluding hydrogens is 480 g/mol. The molecule has 0 radical (unpaired) electrons. The van der Waals surface area contributed by atoms with Gasteiger partial charge in [-0.05, 0) is 50.9 Å². The highest BCUT2D eigenvalue weighted by Gasteiger charge is 2.21. The Hall–Kier alpha value is -3.46. The second-order valence-corrected chi connectivity index (χ2v) is 9.96. The molecule has 2 amide bonds. The van der Waals surface area contributed by atoms with Gasteiger partial charge in [0.15, 0.2) is 0 Å². The molecule has 2 aromatic heterocycles. The predicted octanol–water partition coefficient (Wildman–Crippen LogP) is 4.36. The number of likely N-dealkylation sites (tertiary alicyclic amines) is 1. The lowest BCUT2D eigenvalue weighted by atomic mass is 10.1. The average molecular weight is 521 g/mol. The van der Waals surface area contributed by atoms with E-state index in [1.54, 1.807) is 20.4 Å². The Morgan fingerprint density at radius 1 is 1.08 bits per heavy atom. The van der Waals surface area contributed by atoms with Gasteiger partial charge in [-0.3, -0.25) is 9.59 Å². The lowest BCUT2D eigenvalue weighted by molar-refractivity contribution is -0.122. The van der Waals surface area contributed by atoms with Crippen LogP contribution in [-0.2, 0) is 9.59 Å². The van der Waals surface area contributed by atoms with Crippen molar-refractivity contribution in [3.63, 3.8) is 0 Å². The third kappa shape index (κ3) is 7.54. The lowest BCUT2D eigenvalue weighted by Gasteiger charge is -2.26. The van der Waals surface area contributed by atoms with Gasteiger partial charge < -0.3 is 25.3 Å². The summed E-state index contributed by atoms with van der Waals surface area (Å²) in [6.07, 6.45) is 9.82. The van der Waals surface area contributed by atoms with Crippen LogP contribution in [0.25, 0.3) is 22.2 Å². The van der Waals surface area contributed by atoms with Gasteiger partial charge in [-0.15, -0.1) is 0 Å². The van der Waals surface area contributed by atoms with Crippen molar-refractivity contribution in [1.29, 1.82) is 0 Å². The van der Waals surface area contributed by atoms with Gasteiger partial charge in [-0.2, -0.15) is 0 Å². The van der Waals surface area contributed by atoms with Gasteiger partial charge >= 0.3 is 0 Å². The van der Waals surface area contributed by atoms with Crippen LogP contribution in [0.4, 0.5) is 0 Å². The number of aromatic amines is 1. The summed E-state index contributed by atoms with van der Waals surface area (Å²) in [5.41, 5.74) is 2.48. The highest BCUT2D eigenvalue weighted by Crippen LogP contribution is 2.31. The van der Waals surface area contributed by atoms with Crippen molar-refractivity contribution >= 4 is 22.7 Å². The highest BCUT2D eigenvalue weighted by molar-refractivity contribution is 5.85. The molecule has 0 saturated carbocycles. The first-order valence-electron chi connectivity index (χ1n) is 13.8. The monoisotopic (exact) mass is 520 g/mol. The largest absolute Gasteiger partial charge is 0.480 e. The molecule has 1 aromatic carbocycles. The quantitative estimate of drug-likeness (QED) is 0.289. The van der Waals surface area contributed by atoms with E-state index in [0.29, 0.717) is 24.5 Å². The number of pyridine rings is 1. The summed E-state index contributed by atoms with van der Waals surface area (Å²) in [4.78, 5) is 39.6. The molecule has 1 atom stereocenters. The standard InChI is InChI=1S/C29H40N6O3/c1-30-26(36)14-6-3-5-13-24(32-27(37)15-18-35-16-9-4-10-17-35)28-31-20-25(33-28)22-19-21-11-7-8-12-23(21)34-29(22)38-2/h7-8,11-12,19-20,24H,3-6,9-10,13-18H2,1-2H3,(H,30,36)(H,31,33)(H,32,37). The maximum Gasteiger partial charge on any atom is 0.223 e. The lowest BCUT2D eigenvalue weighted by Crippen LogP contribution is -2.35. The number of piperidine rings is 1. The minimum Gasteiger partial charge on any atom is -0.480 e. The molecule has 1 saturated heterocycles. The third-order valence-electron chi connectivity index (χ3n) is 7.21. The second kappa shape index (κ2) is 13.9. The maximum absolute atomic E-state index is 12.9. The molecule has 3 heterocycles. The minimum atomic E-state index is -0.239. The molecule has 0 bridgehead atoms. The zero-order valence-electron chi connectivity index (χ0n) is 22.6. The van der Waals surface area contributed by atoms with Crippen molar-refractivity contribution in [2.45, 2.75) is 63.8 Å². The molecule has 1 unspecified atom stereocenters. The van der Waals surface area contributed by atoms with Crippen LogP contribution >= 0.6 is 0 Å². The molecular formula is C29H40N6O3. The molecule has 38 heavy (non-hydrogen) atoms. The third-order valence-corrected chi connectivity index (χ3v) is 7.21. The van der Waals surface area contributed by atoms with E-state index in [1.165, 1.54) is 19.3 Å². The zero-order valence-corrected chi connectivity index (χ0v) is 22.6. The van der Waals surface area contributed by atoms with Crippen molar-refractivity contribution in [3.05, 3.63) is 42.4 Å². The molecule has 204 valence electrons. The van der Waals surface area contributed by atoms with Gasteiger partial charge in [0.2, 0.25) is 17.7 Å². The first kappa shape index (κ1) is 27.6. The number of H-pyrrole nitrogens is 1. The fraction of sp³-hybridized carbons (Fsp3) is 0.517. The number of amides is 2. The van der Waals surface area contributed by atoms with Gasteiger partial charge in [0.25, 0.3) is 0 Å². The number of unbranched alkanes of at least 4 members (excludes halogenated alkanes) is 2. The molecule has 3 N–H and O–H groups in total. The van der Waals surface area contributed by atoms with Gasteiger partial charge in [0, 0.05) is 31.8 Å². The Morgan fingerprint density at radius 2 is 1.89 bits per heavy atom. The Labute approximate surface area is 224 Å². The van der Waals surface area contributed by atoms with Crippen LogP contribution in [0.2, 0.25) is 0 Å². The van der Waals surface area contributed by atoms with Crippen LogP contribution in [0.3, 0.4) is 0 Å². The van der Waals surface area contributed by atoms with E-state index in [4.69, 9.17) is 4.74 Å². The number of carbonyl (C=O) groups is 2. The molecule has 0 aliphatic carbocycles. The number of hydrogen-bond acceptors (Lipinski definition) is 6. The van der Waals surface area contributed by atoms with Crippen molar-refractivity contribution in [1.82, 2.24) is 30.5 Å². The highest BCUT2D eigenvalue weighted by atomic mass is 16.5. The number of nitrogens with zero attached hydrogens (tertiary/aromatic N) is 3. The van der Waals surface area contributed by atoms with Crippen molar-refractivity contribution in [2.24, 2.45) is 0 Å². The number of nitrogens with one attached hydrogen (secondary N) is 3. The van der Waals surface area contributed by atoms with E-state index < -0.39 is 0 Å². The number of rotatable bonds is 13. The first-order valence-corrected chi connectivity index (χ1v) is 13.8. The van der Waals surface area contributed by atoms with Crippen molar-refractivity contribution < 1.29 is 14.3 Å². The van der Waals surface area contributed by atoms with Crippen molar-refractivity contribution in [2.75, 3.05) is 33.8 Å². The summed E-state index contributed by atoms with van der Waals surface area (Å²) in [5.74, 6) is 1.33. The van der Waals surface area contributed by atoms with Crippen LogP contribution in [-0.4, -0.2) is 65.5 Å². The topological polar surface area (TPSA) is 112 Å². The fourth-order valence-electron chi connectivity index (χ4n) is 5.02. The molecule has 4 rings (SSSR count). The Bertz CT molecular complexity index is 1200. The Kier molecular flexibility index (Phi) is 10.1. The molecule has 0 spiro atoms. The van der Waals surface area contributed by atoms with Gasteiger partial charge in [-0.25, -0.2) is 9.97 Å². The first-order chi connectivity index (χ1) is 18.6. The number of carbonyl (C=O) groups excluding carboxylic acids is 2. The fourth-order valence-corrected chi connectivity index (χ4v) is 5.02. The molecule has 1 aliphatic rings. The molecule has 9 nitrogen and oxygen atoms in total. The van der Waals surface area contributed by atoms with E-state index in [2.05, 4.69) is 30.5 Å². The van der Waals surface area contributed by atoms with Gasteiger partial charge in [0.05, 0.1) is 36.1 Å². The number of methoxy groups -OCH3 is 1. The zero-order chi connectivity index (χ0) is 26.7. The summed E-state index contributed by atoms with van der Waals surface area (Å²) in [7, 11) is 3.27. The number of aromatic nitrogens is 3. The van der Waals surface area contributed by atoms with Crippen LogP contribution in [0.5, 0.6) is 5.88 Å². The van der Waals surface area contributed by atoms with E-state index in [0.717, 1.165) is 67.5 Å². The smallest absolute Gasteiger partial charge is 0.223 e. The van der Waals surface area contributed by atoms with E-state index >= 15 is 0 Å².